The number of nitrogens with one attached hydrogen (secondary N) is 1. The Balaban J connectivity index is 2.92. The molecule has 0 bridgehead atoms. The molecule has 1 aromatic heterocycles. The first kappa shape index (κ1) is 12.1. The van der Waals surface area contributed by atoms with Crippen LogP contribution in [0.5, 0.6) is 0 Å². The molecule has 7 heteroatoms. The molecule has 0 radical (unpaired) electrons. The summed E-state index contributed by atoms with van der Waals surface area (Å²) in [6.07, 6.45) is 0. The van der Waals surface area contributed by atoms with E-state index in [9.17, 15) is 8.42 Å². The summed E-state index contributed by atoms with van der Waals surface area (Å²) in [7, 11) is -3.60. The lowest BCUT2D eigenvalue weighted by molar-refractivity contribution is 0.265. The second-order valence-electron chi connectivity index (χ2n) is 2.94. The molecule has 0 aliphatic heterocycles. The Hall–Kier alpha value is -0.940. The first-order chi connectivity index (χ1) is 6.99. The van der Waals surface area contributed by atoms with Crippen molar-refractivity contribution >= 4 is 21.4 Å². The fraction of sp³-hybridized carbons (Fsp3) is 0.375. The summed E-state index contributed by atoms with van der Waals surface area (Å²) in [5.74, 6) is 0. The Morgan fingerprint density at radius 2 is 2.33 bits per heavy atom. The van der Waals surface area contributed by atoms with Crippen LogP contribution in [-0.2, 0) is 10.0 Å². The zero-order chi connectivity index (χ0) is 11.5. The minimum atomic E-state index is -3.60. The third-order valence-electron chi connectivity index (χ3n) is 1.59. The highest BCUT2D eigenvalue weighted by Gasteiger charge is 2.18. The molecule has 82 valence electrons. The number of nitriles is 1. The van der Waals surface area contributed by atoms with Gasteiger partial charge in [0.15, 0.2) is 0 Å². The minimum absolute atomic E-state index is 0.0827. The van der Waals surface area contributed by atoms with Crippen LogP contribution >= 0.6 is 11.3 Å². The molecule has 0 aliphatic carbocycles. The average molecular weight is 246 g/mol. The Morgan fingerprint density at radius 1 is 1.67 bits per heavy atom. The Kier molecular flexibility index (Phi) is 3.82. The molecule has 15 heavy (non-hydrogen) atoms. The zero-order valence-electron chi connectivity index (χ0n) is 7.97. The highest BCUT2D eigenvalue weighted by Crippen LogP contribution is 2.20. The van der Waals surface area contributed by atoms with Crippen molar-refractivity contribution in [2.24, 2.45) is 0 Å². The van der Waals surface area contributed by atoms with Crippen molar-refractivity contribution in [1.29, 1.82) is 5.26 Å². The lowest BCUT2D eigenvalue weighted by Crippen LogP contribution is -2.34. The lowest BCUT2D eigenvalue weighted by Gasteiger charge is -2.09. The summed E-state index contributed by atoms with van der Waals surface area (Å²) in [6, 6.07) is 4.14. The van der Waals surface area contributed by atoms with Crippen molar-refractivity contribution in [3.63, 3.8) is 0 Å². The van der Waals surface area contributed by atoms with E-state index in [0.29, 0.717) is 4.88 Å². The van der Waals surface area contributed by atoms with E-state index < -0.39 is 16.1 Å². The van der Waals surface area contributed by atoms with Gasteiger partial charge in [-0.3, -0.25) is 0 Å². The molecule has 0 amide bonds. The third kappa shape index (κ3) is 3.00. The Morgan fingerprint density at radius 3 is 2.80 bits per heavy atom. The van der Waals surface area contributed by atoms with Crippen LogP contribution in [0.2, 0.25) is 0 Å². The Labute approximate surface area is 92.0 Å². The van der Waals surface area contributed by atoms with Gasteiger partial charge >= 0.3 is 0 Å². The van der Waals surface area contributed by atoms with Crippen LogP contribution in [0, 0.1) is 11.3 Å². The van der Waals surface area contributed by atoms with E-state index in [0.717, 1.165) is 11.3 Å². The van der Waals surface area contributed by atoms with Gasteiger partial charge in [-0.1, -0.05) is 0 Å². The van der Waals surface area contributed by atoms with Crippen LogP contribution in [0.4, 0.5) is 0 Å². The van der Waals surface area contributed by atoms with Gasteiger partial charge in [-0.25, -0.2) is 13.1 Å². The van der Waals surface area contributed by atoms with Gasteiger partial charge in [0.2, 0.25) is 10.0 Å². The number of nitrogens with zero attached hydrogens (tertiary/aromatic N) is 1. The van der Waals surface area contributed by atoms with E-state index in [1.165, 1.54) is 12.1 Å². The van der Waals surface area contributed by atoms with Gasteiger partial charge < -0.3 is 5.11 Å². The van der Waals surface area contributed by atoms with E-state index >= 15 is 0 Å². The number of hydrogen-bond donors (Lipinski definition) is 2. The van der Waals surface area contributed by atoms with Crippen molar-refractivity contribution in [1.82, 2.24) is 4.72 Å². The van der Waals surface area contributed by atoms with Gasteiger partial charge in [0, 0.05) is 6.04 Å². The smallest absolute Gasteiger partial charge is 0.250 e. The molecule has 1 rings (SSSR count). The van der Waals surface area contributed by atoms with Gasteiger partial charge in [-0.2, -0.15) is 5.26 Å². The van der Waals surface area contributed by atoms with Crippen LogP contribution < -0.4 is 4.72 Å². The van der Waals surface area contributed by atoms with E-state index in [-0.39, 0.29) is 10.8 Å². The molecule has 1 heterocycles. The highest BCUT2D eigenvalue weighted by atomic mass is 32.2. The zero-order valence-corrected chi connectivity index (χ0v) is 9.60. The molecule has 0 spiro atoms. The van der Waals surface area contributed by atoms with Crippen molar-refractivity contribution in [2.75, 3.05) is 6.61 Å². The topological polar surface area (TPSA) is 90.2 Å². The second-order valence-corrected chi connectivity index (χ2v) is 5.96. The normalized spacial score (nSPS) is 13.4. The summed E-state index contributed by atoms with van der Waals surface area (Å²) in [6.45, 7) is 1.28. The van der Waals surface area contributed by atoms with Gasteiger partial charge in [0.1, 0.15) is 15.2 Å². The van der Waals surface area contributed by atoms with E-state index in [4.69, 9.17) is 10.4 Å². The summed E-state index contributed by atoms with van der Waals surface area (Å²) < 4.78 is 25.6. The van der Waals surface area contributed by atoms with E-state index in [1.54, 1.807) is 6.92 Å². The van der Waals surface area contributed by atoms with E-state index in [1.807, 2.05) is 6.07 Å². The maximum atomic E-state index is 11.6. The number of sulfonamides is 1. The first-order valence-corrected chi connectivity index (χ1v) is 6.42. The largest absolute Gasteiger partial charge is 0.395 e. The SMILES string of the molecule is CC(CO)NS(=O)(=O)c1ccc(C#N)s1. The van der Waals surface area contributed by atoms with Gasteiger partial charge in [0.05, 0.1) is 6.61 Å². The number of aliphatic hydroxyl groups is 1. The molecule has 1 aromatic rings. The predicted molar refractivity (Wildman–Crippen MR) is 55.9 cm³/mol. The fourth-order valence-electron chi connectivity index (χ4n) is 0.885. The van der Waals surface area contributed by atoms with Crippen LogP contribution in [0.1, 0.15) is 11.8 Å². The maximum absolute atomic E-state index is 11.6. The molecule has 5 nitrogen and oxygen atoms in total. The van der Waals surface area contributed by atoms with Crippen LogP contribution in [0.25, 0.3) is 0 Å². The first-order valence-electron chi connectivity index (χ1n) is 4.12. The van der Waals surface area contributed by atoms with Gasteiger partial charge in [-0.15, -0.1) is 11.3 Å². The highest BCUT2D eigenvalue weighted by molar-refractivity contribution is 7.91. The molecule has 0 aromatic carbocycles. The molecule has 0 aliphatic rings. The Bertz CT molecular complexity index is 472. The molecule has 0 fully saturated rings. The quantitative estimate of drug-likeness (QED) is 0.798. The fourth-order valence-corrected chi connectivity index (χ4v) is 3.24. The molecule has 2 N–H and O–H groups in total. The maximum Gasteiger partial charge on any atom is 0.250 e. The van der Waals surface area contributed by atoms with Crippen molar-refractivity contribution in [3.05, 3.63) is 17.0 Å². The average Bonchev–Trinajstić information content (AvgIpc) is 2.65. The molecule has 0 saturated heterocycles. The molecule has 1 unspecified atom stereocenters. The number of hydrogen-bond acceptors (Lipinski definition) is 5. The monoisotopic (exact) mass is 246 g/mol. The molecule has 1 atom stereocenters. The summed E-state index contributed by atoms with van der Waals surface area (Å²) in [4.78, 5) is 0.340. The number of rotatable bonds is 4. The minimum Gasteiger partial charge on any atom is -0.395 e. The van der Waals surface area contributed by atoms with Crippen LogP contribution in [-0.4, -0.2) is 26.2 Å². The van der Waals surface area contributed by atoms with Crippen molar-refractivity contribution in [3.8, 4) is 6.07 Å². The molecular weight excluding hydrogens is 236 g/mol. The predicted octanol–water partition coefficient (Wildman–Crippen LogP) is 0.279. The van der Waals surface area contributed by atoms with Gasteiger partial charge in [-0.05, 0) is 19.1 Å². The summed E-state index contributed by atoms with van der Waals surface area (Å²) in [5.41, 5.74) is 0. The summed E-state index contributed by atoms with van der Waals surface area (Å²) in [5, 5.41) is 17.3. The molecule has 0 saturated carbocycles. The van der Waals surface area contributed by atoms with Gasteiger partial charge in [0.25, 0.3) is 0 Å². The third-order valence-corrected chi connectivity index (χ3v) is 4.66. The molecular formula is C8H10N2O3S2. The lowest BCUT2D eigenvalue weighted by atomic mass is 10.4. The van der Waals surface area contributed by atoms with Crippen molar-refractivity contribution < 1.29 is 13.5 Å². The second kappa shape index (κ2) is 4.72. The number of thiophene rings is 1. The standard InChI is InChI=1S/C8H10N2O3S2/c1-6(5-11)10-15(12,13)8-3-2-7(4-9)14-8/h2-3,6,10-11H,5H2,1H3. The number of aliphatic hydroxyl groups excluding tert-OH is 1. The summed E-state index contributed by atoms with van der Waals surface area (Å²) >= 11 is 0.899. The van der Waals surface area contributed by atoms with Crippen LogP contribution in [0.15, 0.2) is 16.3 Å². The van der Waals surface area contributed by atoms with Crippen molar-refractivity contribution in [2.45, 2.75) is 17.2 Å². The van der Waals surface area contributed by atoms with Crippen LogP contribution in [0.3, 0.4) is 0 Å². The van der Waals surface area contributed by atoms with E-state index in [2.05, 4.69) is 4.72 Å².